The molecule has 0 unspecified atom stereocenters. The van der Waals surface area contributed by atoms with Gasteiger partial charge in [-0.25, -0.2) is 9.37 Å². The first-order chi connectivity index (χ1) is 15.0. The molecule has 3 fully saturated rings. The number of hydrogen-bond donors (Lipinski definition) is 1. The summed E-state index contributed by atoms with van der Waals surface area (Å²) in [4.78, 5) is 30.7. The van der Waals surface area contributed by atoms with Crippen LogP contribution in [0.5, 0.6) is 5.88 Å². The van der Waals surface area contributed by atoms with Gasteiger partial charge in [0.15, 0.2) is 5.82 Å². The summed E-state index contributed by atoms with van der Waals surface area (Å²) >= 11 is 0. The van der Waals surface area contributed by atoms with E-state index in [0.29, 0.717) is 26.3 Å². The number of fused-ring (bicyclic) bond motifs is 1. The lowest BCUT2D eigenvalue weighted by Gasteiger charge is -2.22. The Morgan fingerprint density at radius 2 is 1.77 bits per heavy atom. The fourth-order valence-corrected chi connectivity index (χ4v) is 4.57. The molecule has 1 aliphatic carbocycles. The molecule has 3 aliphatic rings. The Bertz CT molecular complexity index is 783. The van der Waals surface area contributed by atoms with Gasteiger partial charge >= 0.3 is 0 Å². The number of halogens is 1. The van der Waals surface area contributed by atoms with Crippen molar-refractivity contribution >= 4 is 11.8 Å². The van der Waals surface area contributed by atoms with Crippen LogP contribution < -0.4 is 10.1 Å². The van der Waals surface area contributed by atoms with Crippen LogP contribution in [-0.4, -0.2) is 73.4 Å². The number of carbonyl (C=O) groups is 2. The molecule has 1 N–H and O–H groups in total. The Morgan fingerprint density at radius 3 is 2.39 bits per heavy atom. The maximum atomic E-state index is 14.1. The van der Waals surface area contributed by atoms with E-state index in [1.807, 2.05) is 0 Å². The van der Waals surface area contributed by atoms with Gasteiger partial charge in [0.2, 0.25) is 11.8 Å². The van der Waals surface area contributed by atoms with Crippen molar-refractivity contribution in [3.63, 3.8) is 0 Å². The molecule has 1 aromatic heterocycles. The van der Waals surface area contributed by atoms with E-state index in [2.05, 4.69) is 10.3 Å². The Hall–Kier alpha value is -2.26. The molecule has 2 atom stereocenters. The van der Waals surface area contributed by atoms with Crippen LogP contribution in [0.2, 0.25) is 0 Å². The van der Waals surface area contributed by atoms with Gasteiger partial charge in [0.25, 0.3) is 5.91 Å². The minimum absolute atomic E-state index is 0.0746. The molecule has 0 spiro atoms. The van der Waals surface area contributed by atoms with Crippen molar-refractivity contribution in [2.45, 2.75) is 56.8 Å². The van der Waals surface area contributed by atoms with E-state index in [1.54, 1.807) is 0 Å². The van der Waals surface area contributed by atoms with E-state index in [9.17, 15) is 14.0 Å². The van der Waals surface area contributed by atoms with Crippen molar-refractivity contribution in [1.29, 1.82) is 0 Å². The molecule has 9 heteroatoms. The first-order valence-electron chi connectivity index (χ1n) is 11.1. The Balaban J connectivity index is 1.31. The first-order valence-corrected chi connectivity index (χ1v) is 11.1. The van der Waals surface area contributed by atoms with E-state index in [1.165, 1.54) is 30.9 Å². The molecular weight excluding hydrogens is 405 g/mol. The number of rotatable bonds is 4. The highest BCUT2D eigenvalue weighted by atomic mass is 19.1. The van der Waals surface area contributed by atoms with Crippen molar-refractivity contribution in [1.82, 2.24) is 15.2 Å². The van der Waals surface area contributed by atoms with Gasteiger partial charge in [-0.3, -0.25) is 9.59 Å². The highest BCUT2D eigenvalue weighted by molar-refractivity contribution is 5.95. The molecule has 0 aromatic carbocycles. The number of methoxy groups -OCH3 is 1. The normalized spacial score (nSPS) is 25.4. The van der Waals surface area contributed by atoms with Crippen LogP contribution in [0, 0.1) is 11.7 Å². The molecule has 0 bridgehead atoms. The SMILES string of the molecule is COc1cc(C(=O)N2C[C@@H]3OCC(NC(=O)C4CCCCCC4)CO[C@H]3C2)c(F)cn1. The predicted octanol–water partition coefficient (Wildman–Crippen LogP) is 1.92. The topological polar surface area (TPSA) is 90.0 Å². The zero-order valence-electron chi connectivity index (χ0n) is 17.8. The average Bonchev–Trinajstić information content (AvgIpc) is 2.93. The van der Waals surface area contributed by atoms with Crippen molar-refractivity contribution in [3.05, 3.63) is 23.6 Å². The van der Waals surface area contributed by atoms with E-state index in [0.717, 1.165) is 31.9 Å². The molecule has 170 valence electrons. The van der Waals surface area contributed by atoms with Gasteiger partial charge in [0.1, 0.15) is 12.2 Å². The summed E-state index contributed by atoms with van der Waals surface area (Å²) < 4.78 is 31.1. The monoisotopic (exact) mass is 435 g/mol. The number of hydrogen-bond acceptors (Lipinski definition) is 6. The van der Waals surface area contributed by atoms with Gasteiger partial charge in [-0.1, -0.05) is 25.7 Å². The van der Waals surface area contributed by atoms with Crippen molar-refractivity contribution in [3.8, 4) is 5.88 Å². The minimum atomic E-state index is -0.693. The van der Waals surface area contributed by atoms with Gasteiger partial charge in [0, 0.05) is 25.1 Å². The molecule has 1 aromatic rings. The Morgan fingerprint density at radius 1 is 1.13 bits per heavy atom. The number of likely N-dealkylation sites (tertiary alicyclic amines) is 1. The lowest BCUT2D eigenvalue weighted by atomic mass is 9.99. The van der Waals surface area contributed by atoms with E-state index < -0.39 is 11.7 Å². The number of ether oxygens (including phenoxy) is 3. The largest absolute Gasteiger partial charge is 0.481 e. The molecule has 4 rings (SSSR count). The Labute approximate surface area is 181 Å². The fourth-order valence-electron chi connectivity index (χ4n) is 4.57. The van der Waals surface area contributed by atoms with Crippen LogP contribution >= 0.6 is 0 Å². The number of amides is 2. The molecule has 2 aliphatic heterocycles. The van der Waals surface area contributed by atoms with Crippen LogP contribution in [0.1, 0.15) is 48.9 Å². The molecule has 0 radical (unpaired) electrons. The summed E-state index contributed by atoms with van der Waals surface area (Å²) in [5, 5.41) is 3.09. The predicted molar refractivity (Wildman–Crippen MR) is 109 cm³/mol. The molecule has 31 heavy (non-hydrogen) atoms. The summed E-state index contributed by atoms with van der Waals surface area (Å²) in [6.45, 7) is 1.27. The highest BCUT2D eigenvalue weighted by Gasteiger charge is 2.40. The lowest BCUT2D eigenvalue weighted by Crippen LogP contribution is -2.44. The maximum absolute atomic E-state index is 14.1. The number of nitrogens with zero attached hydrogens (tertiary/aromatic N) is 2. The van der Waals surface area contributed by atoms with Gasteiger partial charge in [-0.15, -0.1) is 0 Å². The average molecular weight is 435 g/mol. The maximum Gasteiger partial charge on any atom is 0.257 e. The number of pyridine rings is 1. The van der Waals surface area contributed by atoms with Gasteiger partial charge < -0.3 is 24.4 Å². The molecule has 3 heterocycles. The van der Waals surface area contributed by atoms with E-state index in [-0.39, 0.29) is 41.5 Å². The summed E-state index contributed by atoms with van der Waals surface area (Å²) in [5.74, 6) is -0.800. The van der Waals surface area contributed by atoms with Crippen LogP contribution in [0.15, 0.2) is 12.3 Å². The Kier molecular flexibility index (Phi) is 7.02. The van der Waals surface area contributed by atoms with Crippen LogP contribution in [0.3, 0.4) is 0 Å². The second kappa shape index (κ2) is 9.91. The number of carbonyl (C=O) groups excluding carboxylic acids is 2. The first kappa shape index (κ1) is 22.0. The zero-order valence-corrected chi connectivity index (χ0v) is 17.8. The third kappa shape index (κ3) is 5.15. The van der Waals surface area contributed by atoms with Gasteiger partial charge in [0.05, 0.1) is 38.1 Å². The van der Waals surface area contributed by atoms with Crippen molar-refractivity contribution < 1.29 is 28.2 Å². The molecule has 1 saturated carbocycles. The lowest BCUT2D eigenvalue weighted by molar-refractivity contribution is -0.126. The summed E-state index contributed by atoms with van der Waals surface area (Å²) in [6, 6.07) is 1.10. The smallest absolute Gasteiger partial charge is 0.257 e. The van der Waals surface area contributed by atoms with Crippen LogP contribution in [0.4, 0.5) is 4.39 Å². The van der Waals surface area contributed by atoms with Crippen molar-refractivity contribution in [2.75, 3.05) is 33.4 Å². The van der Waals surface area contributed by atoms with Gasteiger partial charge in [-0.2, -0.15) is 0 Å². The second-order valence-electron chi connectivity index (χ2n) is 8.55. The fraction of sp³-hybridized carbons (Fsp3) is 0.682. The van der Waals surface area contributed by atoms with E-state index >= 15 is 0 Å². The minimum Gasteiger partial charge on any atom is -0.481 e. The second-order valence-corrected chi connectivity index (χ2v) is 8.55. The molecule has 8 nitrogen and oxygen atoms in total. The zero-order chi connectivity index (χ0) is 21.8. The van der Waals surface area contributed by atoms with Crippen molar-refractivity contribution in [2.24, 2.45) is 5.92 Å². The van der Waals surface area contributed by atoms with Crippen LogP contribution in [-0.2, 0) is 14.3 Å². The quantitative estimate of drug-likeness (QED) is 0.727. The van der Waals surface area contributed by atoms with Crippen LogP contribution in [0.25, 0.3) is 0 Å². The molecule has 2 amide bonds. The summed E-state index contributed by atoms with van der Waals surface area (Å²) in [6.07, 6.45) is 6.86. The summed E-state index contributed by atoms with van der Waals surface area (Å²) in [5.41, 5.74) is -0.0863. The highest BCUT2D eigenvalue weighted by Crippen LogP contribution is 2.25. The third-order valence-corrected chi connectivity index (χ3v) is 6.37. The third-order valence-electron chi connectivity index (χ3n) is 6.37. The van der Waals surface area contributed by atoms with E-state index in [4.69, 9.17) is 14.2 Å². The standard InChI is InChI=1S/C22H30FN3O5/c1-29-20-8-16(17(23)9-24-20)22(28)26-10-18-19(11-26)31-13-15(12-30-18)25-21(27)14-6-4-2-3-5-7-14/h8-9,14-15,18-19H,2-7,10-13H2,1H3,(H,25,27)/t18-,19-/m0/s1. The number of nitrogens with one attached hydrogen (secondary N) is 1. The summed E-state index contributed by atoms with van der Waals surface area (Å²) in [7, 11) is 1.41. The van der Waals surface area contributed by atoms with Gasteiger partial charge in [-0.05, 0) is 12.8 Å². The molecular formula is C22H30FN3O5. The number of aromatic nitrogens is 1. The molecule has 2 saturated heterocycles.